The van der Waals surface area contributed by atoms with E-state index in [0.29, 0.717) is 11.1 Å². The molecule has 0 atom stereocenters. The monoisotopic (exact) mass is 258 g/mol. The number of imidazole rings is 1. The third kappa shape index (κ3) is 1.82. The van der Waals surface area contributed by atoms with Gasteiger partial charge in [0, 0.05) is 18.5 Å². The van der Waals surface area contributed by atoms with Crippen LogP contribution in [0.2, 0.25) is 0 Å². The lowest BCUT2D eigenvalue weighted by Gasteiger charge is -2.05. The van der Waals surface area contributed by atoms with Gasteiger partial charge in [-0.3, -0.25) is 4.79 Å². The predicted octanol–water partition coefficient (Wildman–Crippen LogP) is 2.17. The number of hydrogen-bond donors (Lipinski definition) is 1. The van der Waals surface area contributed by atoms with Crippen molar-refractivity contribution in [2.45, 2.75) is 19.8 Å². The highest BCUT2D eigenvalue weighted by Gasteiger charge is 2.31. The Morgan fingerprint density at radius 3 is 2.63 bits per heavy atom. The lowest BCUT2D eigenvalue weighted by Crippen LogP contribution is -2.05. The molecule has 3 rings (SSSR count). The van der Waals surface area contributed by atoms with E-state index in [1.165, 1.54) is 4.57 Å². The van der Waals surface area contributed by atoms with E-state index in [9.17, 15) is 9.59 Å². The lowest BCUT2D eigenvalue weighted by molar-refractivity contribution is 0.0680. The van der Waals surface area contributed by atoms with Crippen molar-refractivity contribution in [1.29, 1.82) is 0 Å². The molecule has 1 heterocycles. The number of aromatic nitrogens is 2. The molecule has 0 radical (unpaired) electrons. The number of carboxylic acids is 1. The van der Waals surface area contributed by atoms with Gasteiger partial charge in [0.1, 0.15) is 0 Å². The molecule has 0 aliphatic heterocycles. The van der Waals surface area contributed by atoms with Gasteiger partial charge in [0.2, 0.25) is 5.82 Å². The third-order valence-corrected chi connectivity index (χ3v) is 3.63. The number of aromatic carboxylic acids is 1. The van der Waals surface area contributed by atoms with Crippen molar-refractivity contribution in [3.8, 4) is 0 Å². The van der Waals surface area contributed by atoms with Crippen LogP contribution in [0.5, 0.6) is 0 Å². The number of aryl methyl sites for hydroxylation is 2. The molecule has 1 aliphatic rings. The first kappa shape index (κ1) is 11.9. The van der Waals surface area contributed by atoms with E-state index >= 15 is 0 Å². The molecular formula is C14H14N2O3. The molecule has 0 bridgehead atoms. The van der Waals surface area contributed by atoms with Gasteiger partial charge in [-0.1, -0.05) is 0 Å². The van der Waals surface area contributed by atoms with Crippen molar-refractivity contribution in [3.63, 3.8) is 0 Å². The molecule has 1 saturated carbocycles. The van der Waals surface area contributed by atoms with Crippen LogP contribution in [0.3, 0.4) is 0 Å². The molecule has 19 heavy (non-hydrogen) atoms. The molecule has 1 aromatic carbocycles. The average molecular weight is 258 g/mol. The Morgan fingerprint density at radius 1 is 1.37 bits per heavy atom. The van der Waals surface area contributed by atoms with Crippen molar-refractivity contribution >= 4 is 22.8 Å². The van der Waals surface area contributed by atoms with Crippen LogP contribution in [-0.4, -0.2) is 26.4 Å². The van der Waals surface area contributed by atoms with E-state index in [1.54, 1.807) is 13.1 Å². The minimum atomic E-state index is -1.06. The lowest BCUT2D eigenvalue weighted by atomic mass is 10.0. The topological polar surface area (TPSA) is 72.2 Å². The number of carbonyl (C=O) groups is 2. The van der Waals surface area contributed by atoms with Crippen molar-refractivity contribution < 1.29 is 14.7 Å². The number of fused-ring (bicyclic) bond motifs is 1. The molecule has 5 nitrogen and oxygen atoms in total. The Balaban J connectivity index is 2.19. The fourth-order valence-corrected chi connectivity index (χ4v) is 2.36. The standard InChI is InChI=1S/C14H14N2O3/c1-7-5-11-10(15-13(14(18)19)16(11)2)6-9(7)12(17)8-3-4-8/h5-6,8H,3-4H2,1-2H3,(H,18,19). The minimum Gasteiger partial charge on any atom is -0.475 e. The second-order valence-electron chi connectivity index (χ2n) is 5.09. The molecule has 98 valence electrons. The van der Waals surface area contributed by atoms with Gasteiger partial charge in [0.25, 0.3) is 0 Å². The second kappa shape index (κ2) is 3.91. The summed E-state index contributed by atoms with van der Waals surface area (Å²) in [5.41, 5.74) is 2.85. The largest absolute Gasteiger partial charge is 0.475 e. The number of Topliss-reactive ketones (excluding diaryl/α,β-unsaturated/α-hetero) is 1. The number of ketones is 1. The molecular weight excluding hydrogens is 244 g/mol. The minimum absolute atomic E-state index is 0.00887. The van der Waals surface area contributed by atoms with Gasteiger partial charge in [-0.15, -0.1) is 0 Å². The molecule has 1 N–H and O–H groups in total. The summed E-state index contributed by atoms with van der Waals surface area (Å²) in [6.07, 6.45) is 1.91. The van der Waals surface area contributed by atoms with E-state index in [1.807, 2.05) is 13.0 Å². The zero-order chi connectivity index (χ0) is 13.7. The van der Waals surface area contributed by atoms with Gasteiger partial charge >= 0.3 is 5.97 Å². The first-order chi connectivity index (χ1) is 8.99. The number of benzene rings is 1. The Bertz CT molecular complexity index is 711. The summed E-state index contributed by atoms with van der Waals surface area (Å²) in [5.74, 6) is -0.766. The molecule has 0 spiro atoms. The quantitative estimate of drug-likeness (QED) is 0.856. The summed E-state index contributed by atoms with van der Waals surface area (Å²) in [4.78, 5) is 27.3. The van der Waals surface area contributed by atoms with Crippen LogP contribution in [0, 0.1) is 12.8 Å². The molecule has 1 aromatic heterocycles. The number of carboxylic acid groups (broad SMARTS) is 1. The molecule has 2 aromatic rings. The molecule has 1 fully saturated rings. The van der Waals surface area contributed by atoms with Crippen LogP contribution in [0.15, 0.2) is 12.1 Å². The molecule has 0 amide bonds. The predicted molar refractivity (Wildman–Crippen MR) is 69.5 cm³/mol. The summed E-state index contributed by atoms with van der Waals surface area (Å²) < 4.78 is 1.54. The van der Waals surface area contributed by atoms with Gasteiger partial charge in [-0.25, -0.2) is 9.78 Å². The maximum Gasteiger partial charge on any atom is 0.372 e. The highest BCUT2D eigenvalue weighted by atomic mass is 16.4. The third-order valence-electron chi connectivity index (χ3n) is 3.63. The van der Waals surface area contributed by atoms with Crippen LogP contribution in [0.1, 0.15) is 39.4 Å². The first-order valence-electron chi connectivity index (χ1n) is 6.23. The number of hydrogen-bond acceptors (Lipinski definition) is 3. The van der Waals surface area contributed by atoms with Crippen LogP contribution >= 0.6 is 0 Å². The Morgan fingerprint density at radius 2 is 2.05 bits per heavy atom. The van der Waals surface area contributed by atoms with E-state index < -0.39 is 5.97 Å². The fraction of sp³-hybridized carbons (Fsp3) is 0.357. The normalized spacial score (nSPS) is 14.8. The summed E-state index contributed by atoms with van der Waals surface area (Å²) in [7, 11) is 1.67. The number of rotatable bonds is 3. The Labute approximate surface area is 109 Å². The van der Waals surface area contributed by atoms with Crippen molar-refractivity contribution in [1.82, 2.24) is 9.55 Å². The van der Waals surface area contributed by atoms with E-state index in [2.05, 4.69) is 4.98 Å². The van der Waals surface area contributed by atoms with Crippen LogP contribution in [0.25, 0.3) is 11.0 Å². The zero-order valence-corrected chi connectivity index (χ0v) is 10.8. The van der Waals surface area contributed by atoms with Gasteiger partial charge < -0.3 is 9.67 Å². The van der Waals surface area contributed by atoms with Crippen molar-refractivity contribution in [3.05, 3.63) is 29.1 Å². The zero-order valence-electron chi connectivity index (χ0n) is 10.8. The summed E-state index contributed by atoms with van der Waals surface area (Å²) in [5, 5.41) is 9.06. The van der Waals surface area contributed by atoms with E-state index in [0.717, 1.165) is 23.9 Å². The van der Waals surface area contributed by atoms with Gasteiger partial charge in [-0.2, -0.15) is 0 Å². The Kier molecular flexibility index (Phi) is 2.45. The number of nitrogens with zero attached hydrogens (tertiary/aromatic N) is 2. The maximum atomic E-state index is 12.1. The van der Waals surface area contributed by atoms with Crippen LogP contribution < -0.4 is 0 Å². The average Bonchev–Trinajstić information content (AvgIpc) is 3.15. The molecule has 1 aliphatic carbocycles. The highest BCUT2D eigenvalue weighted by Crippen LogP contribution is 2.34. The SMILES string of the molecule is Cc1cc2c(cc1C(=O)C1CC1)nc(C(=O)O)n2C. The smallest absolute Gasteiger partial charge is 0.372 e. The molecule has 0 unspecified atom stereocenters. The van der Waals surface area contributed by atoms with Gasteiger partial charge in [0.05, 0.1) is 11.0 Å². The van der Waals surface area contributed by atoms with E-state index in [4.69, 9.17) is 5.11 Å². The van der Waals surface area contributed by atoms with E-state index in [-0.39, 0.29) is 17.5 Å². The molecule has 0 saturated heterocycles. The van der Waals surface area contributed by atoms with Crippen LogP contribution in [-0.2, 0) is 7.05 Å². The first-order valence-corrected chi connectivity index (χ1v) is 6.23. The second-order valence-corrected chi connectivity index (χ2v) is 5.09. The number of carbonyl (C=O) groups excluding carboxylic acids is 1. The van der Waals surface area contributed by atoms with Crippen molar-refractivity contribution in [2.24, 2.45) is 13.0 Å². The van der Waals surface area contributed by atoms with Gasteiger partial charge in [0.15, 0.2) is 5.78 Å². The summed E-state index contributed by atoms with van der Waals surface area (Å²) >= 11 is 0. The summed E-state index contributed by atoms with van der Waals surface area (Å²) in [6.45, 7) is 1.88. The van der Waals surface area contributed by atoms with Crippen molar-refractivity contribution in [2.75, 3.05) is 0 Å². The maximum absolute atomic E-state index is 12.1. The summed E-state index contributed by atoms with van der Waals surface area (Å²) in [6, 6.07) is 3.56. The van der Waals surface area contributed by atoms with Gasteiger partial charge in [-0.05, 0) is 37.5 Å². The Hall–Kier alpha value is -2.17. The highest BCUT2D eigenvalue weighted by molar-refractivity contribution is 6.03. The molecule has 5 heteroatoms. The van der Waals surface area contributed by atoms with Crippen LogP contribution in [0.4, 0.5) is 0 Å². The fourth-order valence-electron chi connectivity index (χ4n) is 2.36.